The smallest absolute Gasteiger partial charge is 0.155 e. The van der Waals surface area contributed by atoms with E-state index < -0.39 is 5.38 Å². The van der Waals surface area contributed by atoms with Crippen LogP contribution < -0.4 is 0 Å². The van der Waals surface area contributed by atoms with Gasteiger partial charge < -0.3 is 0 Å². The van der Waals surface area contributed by atoms with E-state index in [1.807, 2.05) is 25.3 Å². The average Bonchev–Trinajstić information content (AvgIpc) is 2.48. The third kappa shape index (κ3) is 1.87. The van der Waals surface area contributed by atoms with Crippen molar-refractivity contribution in [2.75, 3.05) is 0 Å². The molecule has 1 nitrogen and oxygen atoms in total. The van der Waals surface area contributed by atoms with Gasteiger partial charge >= 0.3 is 0 Å². The highest BCUT2D eigenvalue weighted by molar-refractivity contribution is 7.10. The average molecular weight is 203 g/mol. The minimum absolute atomic E-state index is 0.0993. The molecule has 1 unspecified atom stereocenters. The van der Waals surface area contributed by atoms with Crippen molar-refractivity contribution in [2.24, 2.45) is 0 Å². The van der Waals surface area contributed by atoms with Crippen LogP contribution in [-0.2, 0) is 4.79 Å². The Balaban J connectivity index is 2.84. The number of aryl methyl sites for hydroxylation is 1. The van der Waals surface area contributed by atoms with Crippen molar-refractivity contribution >= 4 is 28.7 Å². The number of alkyl halides is 1. The number of carbonyl (C=O) groups excluding carboxylic acids is 1. The summed E-state index contributed by atoms with van der Waals surface area (Å²) in [7, 11) is 0. The van der Waals surface area contributed by atoms with E-state index in [4.69, 9.17) is 11.6 Å². The second kappa shape index (κ2) is 4.06. The Labute approximate surface area is 81.4 Å². The van der Waals surface area contributed by atoms with Crippen LogP contribution in [0.15, 0.2) is 11.4 Å². The van der Waals surface area contributed by atoms with Crippen molar-refractivity contribution in [1.29, 1.82) is 0 Å². The number of ketones is 1. The minimum Gasteiger partial charge on any atom is -0.298 e. The van der Waals surface area contributed by atoms with Gasteiger partial charge in [0.15, 0.2) is 5.78 Å². The van der Waals surface area contributed by atoms with Gasteiger partial charge in [0.05, 0.1) is 0 Å². The zero-order chi connectivity index (χ0) is 9.14. The fourth-order valence-electron chi connectivity index (χ4n) is 0.970. The van der Waals surface area contributed by atoms with Crippen LogP contribution in [0.3, 0.4) is 0 Å². The highest BCUT2D eigenvalue weighted by Crippen LogP contribution is 2.30. The van der Waals surface area contributed by atoms with Crippen LogP contribution in [0.25, 0.3) is 0 Å². The first-order chi connectivity index (χ1) is 5.66. The summed E-state index contributed by atoms with van der Waals surface area (Å²) in [5.74, 6) is 0.0993. The molecular weight excluding hydrogens is 192 g/mol. The first kappa shape index (κ1) is 9.75. The lowest BCUT2D eigenvalue weighted by Crippen LogP contribution is -2.04. The van der Waals surface area contributed by atoms with E-state index in [9.17, 15) is 4.79 Å². The van der Waals surface area contributed by atoms with Gasteiger partial charge in [-0.2, -0.15) is 0 Å². The van der Waals surface area contributed by atoms with Gasteiger partial charge in [0, 0.05) is 11.3 Å². The van der Waals surface area contributed by atoms with E-state index in [0.29, 0.717) is 6.42 Å². The highest BCUT2D eigenvalue weighted by Gasteiger charge is 2.18. The largest absolute Gasteiger partial charge is 0.298 e. The van der Waals surface area contributed by atoms with E-state index >= 15 is 0 Å². The molecule has 0 saturated carbocycles. The summed E-state index contributed by atoms with van der Waals surface area (Å²) >= 11 is 7.51. The summed E-state index contributed by atoms with van der Waals surface area (Å²) in [6.07, 6.45) is 0.505. The van der Waals surface area contributed by atoms with E-state index in [1.165, 1.54) is 0 Å². The second-order valence-corrected chi connectivity index (χ2v) is 4.03. The number of rotatable bonds is 3. The summed E-state index contributed by atoms with van der Waals surface area (Å²) < 4.78 is 0. The Morgan fingerprint density at radius 1 is 1.75 bits per heavy atom. The summed E-state index contributed by atoms with van der Waals surface area (Å²) in [6.45, 7) is 3.81. The van der Waals surface area contributed by atoms with Crippen molar-refractivity contribution < 1.29 is 4.79 Å². The van der Waals surface area contributed by atoms with Crippen molar-refractivity contribution in [3.63, 3.8) is 0 Å². The molecule has 0 amide bonds. The molecule has 0 saturated heterocycles. The van der Waals surface area contributed by atoms with Crippen molar-refractivity contribution in [3.05, 3.63) is 21.9 Å². The molecule has 1 atom stereocenters. The Bertz CT molecular complexity index is 280. The van der Waals surface area contributed by atoms with Crippen LogP contribution in [0.5, 0.6) is 0 Å². The summed E-state index contributed by atoms with van der Waals surface area (Å²) in [6, 6.07) is 1.98. The van der Waals surface area contributed by atoms with Gasteiger partial charge in [0.25, 0.3) is 0 Å². The third-order valence-corrected chi connectivity index (χ3v) is 3.44. The zero-order valence-corrected chi connectivity index (χ0v) is 8.71. The number of hydrogen-bond acceptors (Lipinski definition) is 2. The Morgan fingerprint density at radius 3 is 2.83 bits per heavy atom. The third-order valence-electron chi connectivity index (χ3n) is 1.76. The molecule has 0 fully saturated rings. The lowest BCUT2D eigenvalue weighted by atomic mass is 10.1. The number of hydrogen-bond donors (Lipinski definition) is 0. The van der Waals surface area contributed by atoms with E-state index in [1.54, 1.807) is 11.3 Å². The lowest BCUT2D eigenvalue weighted by Gasteiger charge is -2.04. The van der Waals surface area contributed by atoms with Crippen LogP contribution in [-0.4, -0.2) is 5.78 Å². The standard InChI is InChI=1S/C9H11ClOS/c1-3-7(11)8(10)9-6(2)4-5-12-9/h4-5,8H,3H2,1-2H3. The van der Waals surface area contributed by atoms with Crippen LogP contribution in [0, 0.1) is 6.92 Å². The maximum absolute atomic E-state index is 11.2. The van der Waals surface area contributed by atoms with Crippen molar-refractivity contribution in [3.8, 4) is 0 Å². The molecule has 1 rings (SSSR count). The van der Waals surface area contributed by atoms with Crippen LogP contribution in [0.4, 0.5) is 0 Å². The Kier molecular flexibility index (Phi) is 3.29. The van der Waals surface area contributed by atoms with Gasteiger partial charge in [-0.25, -0.2) is 0 Å². The molecule has 3 heteroatoms. The molecule has 1 aromatic rings. The molecule has 0 N–H and O–H groups in total. The highest BCUT2D eigenvalue weighted by atomic mass is 35.5. The molecule has 66 valence electrons. The summed E-state index contributed by atoms with van der Waals surface area (Å²) in [5, 5.41) is 1.53. The predicted molar refractivity (Wildman–Crippen MR) is 52.9 cm³/mol. The quantitative estimate of drug-likeness (QED) is 0.688. The maximum atomic E-state index is 11.2. The van der Waals surface area contributed by atoms with E-state index in [0.717, 1.165) is 10.4 Å². The number of thiophene rings is 1. The van der Waals surface area contributed by atoms with Crippen molar-refractivity contribution in [2.45, 2.75) is 25.6 Å². The zero-order valence-electron chi connectivity index (χ0n) is 7.13. The molecule has 0 aromatic carbocycles. The summed E-state index contributed by atoms with van der Waals surface area (Å²) in [4.78, 5) is 12.2. The van der Waals surface area contributed by atoms with Crippen LogP contribution in [0.1, 0.15) is 29.2 Å². The number of halogens is 1. The van der Waals surface area contributed by atoms with E-state index in [2.05, 4.69) is 0 Å². The van der Waals surface area contributed by atoms with Crippen LogP contribution in [0.2, 0.25) is 0 Å². The molecule has 0 aliphatic rings. The SMILES string of the molecule is CCC(=O)C(Cl)c1sccc1C. The second-order valence-electron chi connectivity index (χ2n) is 2.65. The fraction of sp³-hybridized carbons (Fsp3) is 0.444. The van der Waals surface area contributed by atoms with Gasteiger partial charge in [0.2, 0.25) is 0 Å². The Hall–Kier alpha value is -0.340. The molecule has 1 heterocycles. The summed E-state index contributed by atoms with van der Waals surface area (Å²) in [5.41, 5.74) is 1.11. The lowest BCUT2D eigenvalue weighted by molar-refractivity contribution is -0.118. The van der Waals surface area contributed by atoms with Gasteiger partial charge in [-0.05, 0) is 23.9 Å². The maximum Gasteiger partial charge on any atom is 0.155 e. The first-order valence-corrected chi connectivity index (χ1v) is 5.19. The number of Topliss-reactive ketones (excluding diaryl/α,β-unsaturated/α-hetero) is 1. The topological polar surface area (TPSA) is 17.1 Å². The molecule has 12 heavy (non-hydrogen) atoms. The Morgan fingerprint density at radius 2 is 2.42 bits per heavy atom. The predicted octanol–water partition coefficient (Wildman–Crippen LogP) is 3.32. The first-order valence-electron chi connectivity index (χ1n) is 3.87. The minimum atomic E-state index is -0.435. The van der Waals surface area contributed by atoms with Gasteiger partial charge in [-0.3, -0.25) is 4.79 Å². The van der Waals surface area contributed by atoms with Crippen LogP contribution >= 0.6 is 22.9 Å². The number of carbonyl (C=O) groups is 1. The van der Waals surface area contributed by atoms with Gasteiger partial charge in [-0.15, -0.1) is 22.9 Å². The van der Waals surface area contributed by atoms with Gasteiger partial charge in [0.1, 0.15) is 5.38 Å². The molecule has 0 radical (unpaired) electrons. The molecule has 0 aliphatic heterocycles. The monoisotopic (exact) mass is 202 g/mol. The fourth-order valence-corrected chi connectivity index (χ4v) is 2.37. The van der Waals surface area contributed by atoms with Gasteiger partial charge in [-0.1, -0.05) is 6.92 Å². The van der Waals surface area contributed by atoms with Crippen molar-refractivity contribution in [1.82, 2.24) is 0 Å². The molecule has 0 bridgehead atoms. The van der Waals surface area contributed by atoms with E-state index in [-0.39, 0.29) is 5.78 Å². The molecule has 0 spiro atoms. The molecule has 1 aromatic heterocycles. The molecule has 0 aliphatic carbocycles. The normalized spacial score (nSPS) is 12.9. The molecular formula is C9H11ClOS.